The fourth-order valence-electron chi connectivity index (χ4n) is 1.42. The van der Waals surface area contributed by atoms with E-state index in [-0.39, 0.29) is 0 Å². The summed E-state index contributed by atoms with van der Waals surface area (Å²) in [6.45, 7) is 0. The molecule has 0 amide bonds. The summed E-state index contributed by atoms with van der Waals surface area (Å²) in [5, 5.41) is 9.95. The van der Waals surface area contributed by atoms with Crippen LogP contribution in [0.3, 0.4) is 0 Å². The van der Waals surface area contributed by atoms with Gasteiger partial charge in [-0.05, 0) is 12.1 Å². The minimum absolute atomic E-state index is 0.579. The van der Waals surface area contributed by atoms with Crippen LogP contribution in [-0.4, -0.2) is 14.7 Å². The predicted molar refractivity (Wildman–Crippen MR) is 53.7 cm³/mol. The van der Waals surface area contributed by atoms with E-state index in [1.165, 1.54) is 0 Å². The first kappa shape index (κ1) is 8.97. The summed E-state index contributed by atoms with van der Waals surface area (Å²) in [6, 6.07) is 5.59. The fourth-order valence-corrected chi connectivity index (χ4v) is 1.42. The lowest BCUT2D eigenvalue weighted by Gasteiger charge is -2.07. The summed E-state index contributed by atoms with van der Waals surface area (Å²) < 4.78 is 1.91. The standard InChI is InChI=1S/C11H12N2O/c1-13-6-4-10(8-13)11(14)9-3-2-5-12-7-9/h2-8,11,14H,1H3. The van der Waals surface area contributed by atoms with E-state index in [2.05, 4.69) is 4.98 Å². The Labute approximate surface area is 82.7 Å². The summed E-state index contributed by atoms with van der Waals surface area (Å²) in [7, 11) is 1.93. The number of aliphatic hydroxyl groups is 1. The van der Waals surface area contributed by atoms with Gasteiger partial charge in [-0.15, -0.1) is 0 Å². The Morgan fingerprint density at radius 3 is 2.79 bits per heavy atom. The molecule has 0 saturated heterocycles. The van der Waals surface area contributed by atoms with Crippen LogP contribution in [0.4, 0.5) is 0 Å². The molecule has 0 aliphatic rings. The van der Waals surface area contributed by atoms with E-state index in [1.54, 1.807) is 12.4 Å². The van der Waals surface area contributed by atoms with Gasteiger partial charge in [0.15, 0.2) is 0 Å². The molecule has 3 nitrogen and oxygen atoms in total. The van der Waals surface area contributed by atoms with Gasteiger partial charge in [-0.1, -0.05) is 6.07 Å². The number of aryl methyl sites for hydroxylation is 1. The van der Waals surface area contributed by atoms with Crippen molar-refractivity contribution >= 4 is 0 Å². The second kappa shape index (κ2) is 3.64. The maximum absolute atomic E-state index is 9.95. The third-order valence-corrected chi connectivity index (χ3v) is 2.17. The normalized spacial score (nSPS) is 12.7. The van der Waals surface area contributed by atoms with Gasteiger partial charge in [0.25, 0.3) is 0 Å². The van der Waals surface area contributed by atoms with Gasteiger partial charge < -0.3 is 9.67 Å². The molecular weight excluding hydrogens is 176 g/mol. The molecule has 14 heavy (non-hydrogen) atoms. The summed E-state index contributed by atoms with van der Waals surface area (Å²) in [5.74, 6) is 0. The summed E-state index contributed by atoms with van der Waals surface area (Å²) in [6.07, 6.45) is 6.61. The molecule has 3 heteroatoms. The summed E-state index contributed by atoms with van der Waals surface area (Å²) in [5.41, 5.74) is 1.71. The van der Waals surface area contributed by atoms with Crippen molar-refractivity contribution in [3.05, 3.63) is 54.1 Å². The number of aromatic nitrogens is 2. The van der Waals surface area contributed by atoms with Gasteiger partial charge >= 0.3 is 0 Å². The maximum atomic E-state index is 9.95. The molecule has 2 aromatic heterocycles. The molecule has 0 aliphatic heterocycles. The highest BCUT2D eigenvalue weighted by atomic mass is 16.3. The van der Waals surface area contributed by atoms with E-state index in [0.717, 1.165) is 11.1 Å². The first-order chi connectivity index (χ1) is 6.77. The Bertz CT molecular complexity index is 408. The lowest BCUT2D eigenvalue weighted by Crippen LogP contribution is -1.98. The molecule has 0 spiro atoms. The van der Waals surface area contributed by atoms with Crippen LogP contribution in [0.5, 0.6) is 0 Å². The minimum Gasteiger partial charge on any atom is -0.384 e. The van der Waals surface area contributed by atoms with Crippen molar-refractivity contribution in [1.82, 2.24) is 9.55 Å². The van der Waals surface area contributed by atoms with E-state index in [4.69, 9.17) is 0 Å². The van der Waals surface area contributed by atoms with E-state index >= 15 is 0 Å². The van der Waals surface area contributed by atoms with Crippen molar-refractivity contribution in [3.63, 3.8) is 0 Å². The molecule has 1 unspecified atom stereocenters. The van der Waals surface area contributed by atoms with Crippen molar-refractivity contribution in [1.29, 1.82) is 0 Å². The van der Waals surface area contributed by atoms with E-state index in [0.29, 0.717) is 0 Å². The summed E-state index contributed by atoms with van der Waals surface area (Å²) in [4.78, 5) is 3.97. The molecule has 0 fully saturated rings. The van der Waals surface area contributed by atoms with Crippen molar-refractivity contribution in [2.24, 2.45) is 7.05 Å². The Balaban J connectivity index is 2.29. The average Bonchev–Trinajstić information content (AvgIpc) is 2.65. The Morgan fingerprint density at radius 1 is 1.36 bits per heavy atom. The molecule has 2 aromatic rings. The zero-order valence-corrected chi connectivity index (χ0v) is 7.96. The zero-order chi connectivity index (χ0) is 9.97. The van der Waals surface area contributed by atoms with Crippen LogP contribution in [-0.2, 0) is 7.05 Å². The highest BCUT2D eigenvalue weighted by molar-refractivity contribution is 5.25. The second-order valence-corrected chi connectivity index (χ2v) is 3.30. The van der Waals surface area contributed by atoms with Crippen LogP contribution in [0.25, 0.3) is 0 Å². The molecule has 1 atom stereocenters. The topological polar surface area (TPSA) is 38.0 Å². The number of nitrogens with zero attached hydrogens (tertiary/aromatic N) is 2. The monoisotopic (exact) mass is 188 g/mol. The van der Waals surface area contributed by atoms with Crippen LogP contribution in [0.2, 0.25) is 0 Å². The molecule has 0 radical (unpaired) electrons. The number of hydrogen-bond acceptors (Lipinski definition) is 2. The fraction of sp³-hybridized carbons (Fsp3) is 0.182. The maximum Gasteiger partial charge on any atom is 0.107 e. The Kier molecular flexibility index (Phi) is 2.33. The largest absolute Gasteiger partial charge is 0.384 e. The molecule has 0 bridgehead atoms. The van der Waals surface area contributed by atoms with Crippen molar-refractivity contribution in [2.45, 2.75) is 6.10 Å². The SMILES string of the molecule is Cn1ccc(C(O)c2cccnc2)c1. The number of hydrogen-bond donors (Lipinski definition) is 1. The average molecular weight is 188 g/mol. The first-order valence-electron chi connectivity index (χ1n) is 4.47. The Morgan fingerprint density at radius 2 is 2.21 bits per heavy atom. The zero-order valence-electron chi connectivity index (χ0n) is 7.96. The van der Waals surface area contributed by atoms with Crippen LogP contribution < -0.4 is 0 Å². The third-order valence-electron chi connectivity index (χ3n) is 2.17. The van der Waals surface area contributed by atoms with Gasteiger partial charge in [-0.3, -0.25) is 4.98 Å². The van der Waals surface area contributed by atoms with Gasteiger partial charge in [0.05, 0.1) is 0 Å². The molecule has 2 rings (SSSR count). The predicted octanol–water partition coefficient (Wildman–Crippen LogP) is 1.50. The van der Waals surface area contributed by atoms with E-state index < -0.39 is 6.10 Å². The molecule has 72 valence electrons. The molecule has 0 saturated carbocycles. The van der Waals surface area contributed by atoms with Crippen LogP contribution >= 0.6 is 0 Å². The lowest BCUT2D eigenvalue weighted by atomic mass is 10.1. The number of aliphatic hydroxyl groups excluding tert-OH is 1. The summed E-state index contributed by atoms with van der Waals surface area (Å²) >= 11 is 0. The molecule has 1 N–H and O–H groups in total. The molecular formula is C11H12N2O. The lowest BCUT2D eigenvalue weighted by molar-refractivity contribution is 0.220. The van der Waals surface area contributed by atoms with Gasteiger partial charge in [0.2, 0.25) is 0 Å². The minimum atomic E-state index is -0.579. The smallest absolute Gasteiger partial charge is 0.107 e. The highest BCUT2D eigenvalue weighted by Crippen LogP contribution is 2.20. The van der Waals surface area contributed by atoms with Gasteiger partial charge in [0, 0.05) is 43.0 Å². The Hall–Kier alpha value is -1.61. The van der Waals surface area contributed by atoms with Gasteiger partial charge in [-0.25, -0.2) is 0 Å². The van der Waals surface area contributed by atoms with Crippen LogP contribution in [0.15, 0.2) is 43.0 Å². The van der Waals surface area contributed by atoms with E-state index in [1.807, 2.05) is 42.2 Å². The van der Waals surface area contributed by atoms with Gasteiger partial charge in [-0.2, -0.15) is 0 Å². The second-order valence-electron chi connectivity index (χ2n) is 3.30. The third kappa shape index (κ3) is 1.67. The number of pyridine rings is 1. The van der Waals surface area contributed by atoms with Gasteiger partial charge in [0.1, 0.15) is 6.10 Å². The van der Waals surface area contributed by atoms with Crippen molar-refractivity contribution in [2.75, 3.05) is 0 Å². The molecule has 2 heterocycles. The van der Waals surface area contributed by atoms with Crippen molar-refractivity contribution < 1.29 is 5.11 Å². The molecule has 0 aliphatic carbocycles. The quantitative estimate of drug-likeness (QED) is 0.775. The van der Waals surface area contributed by atoms with Crippen LogP contribution in [0.1, 0.15) is 17.2 Å². The molecule has 0 aromatic carbocycles. The van der Waals surface area contributed by atoms with E-state index in [9.17, 15) is 5.11 Å². The first-order valence-corrected chi connectivity index (χ1v) is 4.47. The highest BCUT2D eigenvalue weighted by Gasteiger charge is 2.10. The van der Waals surface area contributed by atoms with Crippen LogP contribution in [0, 0.1) is 0 Å². The van der Waals surface area contributed by atoms with Crippen molar-refractivity contribution in [3.8, 4) is 0 Å². The number of rotatable bonds is 2.